The number of thiocarbonyl (C=S) groups is 1. The maximum Gasteiger partial charge on any atom is 0.270 e. The summed E-state index contributed by atoms with van der Waals surface area (Å²) in [6.45, 7) is 10.0. The summed E-state index contributed by atoms with van der Waals surface area (Å²) in [5.74, 6) is 1.27. The molecule has 0 N–H and O–H groups in total. The molecule has 1 aromatic heterocycles. The predicted molar refractivity (Wildman–Crippen MR) is 146 cm³/mol. The Morgan fingerprint density at radius 3 is 2.49 bits per heavy atom. The number of carbonyl (C=O) groups is 1. The van der Waals surface area contributed by atoms with Crippen molar-refractivity contribution in [3.05, 3.63) is 67.8 Å². The molecule has 2 fully saturated rings. The van der Waals surface area contributed by atoms with E-state index in [1.807, 2.05) is 50.3 Å². The van der Waals surface area contributed by atoms with Crippen LogP contribution in [0.1, 0.15) is 61.9 Å². The molecule has 182 valence electrons. The molecule has 0 radical (unpaired) electrons. The Labute approximate surface area is 216 Å². The molecule has 2 aliphatic rings. The van der Waals surface area contributed by atoms with Crippen LogP contribution in [0, 0.1) is 24.2 Å². The fourth-order valence-corrected chi connectivity index (χ4v) is 6.22. The normalized spacial score (nSPS) is 18.9. The molecule has 2 aliphatic heterocycles. The number of hydrogen-bond acceptors (Lipinski definition) is 6. The minimum Gasteiger partial charge on any atom is -0.357 e. The molecule has 0 spiro atoms. The molecule has 1 atom stereocenters. The Balaban J connectivity index is 1.83. The summed E-state index contributed by atoms with van der Waals surface area (Å²) in [5.41, 5.74) is 2.22. The molecule has 1 amide bonds. The van der Waals surface area contributed by atoms with Crippen molar-refractivity contribution in [3.63, 3.8) is 0 Å². The maximum atomic E-state index is 13.6. The van der Waals surface area contributed by atoms with Crippen molar-refractivity contribution in [2.45, 2.75) is 53.1 Å². The molecule has 3 heterocycles. The van der Waals surface area contributed by atoms with Gasteiger partial charge in [-0.05, 0) is 56.7 Å². The number of piperidine rings is 1. The molecular weight excluding hydrogens is 476 g/mol. The largest absolute Gasteiger partial charge is 0.357 e. The van der Waals surface area contributed by atoms with E-state index < -0.39 is 0 Å². The van der Waals surface area contributed by atoms with Crippen LogP contribution in [0.15, 0.2) is 40.0 Å². The standard InChI is InChI=1S/C27H30N4O2S2/c1-5-30-24(29-13-11-17(2)12-14-29)21(18(3)22(16-28)25(30)32)15-23-26(33)31(27(34)35-23)19(4)20-9-7-6-8-10-20/h6-10,15,17,19H,5,11-14H2,1-4H3. The third-order valence-electron chi connectivity index (χ3n) is 7.01. The molecule has 6 nitrogen and oxygen atoms in total. The first-order chi connectivity index (χ1) is 16.8. The van der Waals surface area contributed by atoms with Gasteiger partial charge in [0.25, 0.3) is 11.5 Å². The number of amides is 1. The second-order valence-corrected chi connectivity index (χ2v) is 10.9. The van der Waals surface area contributed by atoms with Crippen LogP contribution in [-0.2, 0) is 11.3 Å². The fourth-order valence-electron chi connectivity index (χ4n) is 4.82. The van der Waals surface area contributed by atoms with Crippen molar-refractivity contribution in [1.29, 1.82) is 5.26 Å². The van der Waals surface area contributed by atoms with Crippen molar-refractivity contribution < 1.29 is 4.79 Å². The zero-order chi connectivity index (χ0) is 25.3. The molecule has 0 bridgehead atoms. The lowest BCUT2D eigenvalue weighted by atomic mass is 9.97. The summed E-state index contributed by atoms with van der Waals surface area (Å²) in [4.78, 5) is 31.1. The second kappa shape index (κ2) is 10.4. The van der Waals surface area contributed by atoms with Gasteiger partial charge in [0.05, 0.1) is 10.9 Å². The van der Waals surface area contributed by atoms with Gasteiger partial charge in [-0.2, -0.15) is 5.26 Å². The average molecular weight is 507 g/mol. The van der Waals surface area contributed by atoms with Crippen molar-refractivity contribution >= 4 is 46.1 Å². The van der Waals surface area contributed by atoms with Crippen LogP contribution in [0.2, 0.25) is 0 Å². The first-order valence-corrected chi connectivity index (χ1v) is 13.2. The number of aromatic nitrogens is 1. The topological polar surface area (TPSA) is 69.3 Å². The smallest absolute Gasteiger partial charge is 0.270 e. The highest BCUT2D eigenvalue weighted by atomic mass is 32.2. The first kappa shape index (κ1) is 25.2. The van der Waals surface area contributed by atoms with Crippen LogP contribution < -0.4 is 10.5 Å². The lowest BCUT2D eigenvalue weighted by Gasteiger charge is -2.35. The third kappa shape index (κ3) is 4.67. The zero-order valence-corrected chi connectivity index (χ0v) is 22.2. The number of benzene rings is 1. The lowest BCUT2D eigenvalue weighted by Crippen LogP contribution is -2.39. The van der Waals surface area contributed by atoms with Crippen molar-refractivity contribution in [1.82, 2.24) is 9.47 Å². The van der Waals surface area contributed by atoms with Crippen molar-refractivity contribution in [2.24, 2.45) is 5.92 Å². The molecule has 4 rings (SSSR count). The van der Waals surface area contributed by atoms with E-state index in [1.54, 1.807) is 16.4 Å². The molecule has 8 heteroatoms. The summed E-state index contributed by atoms with van der Waals surface area (Å²) in [7, 11) is 0. The Bertz CT molecular complexity index is 1280. The number of thioether (sulfide) groups is 1. The molecule has 2 saturated heterocycles. The van der Waals surface area contributed by atoms with Gasteiger partial charge in [-0.25, -0.2) is 0 Å². The minimum absolute atomic E-state index is 0.125. The van der Waals surface area contributed by atoms with Crippen LogP contribution in [0.25, 0.3) is 6.08 Å². The third-order valence-corrected chi connectivity index (χ3v) is 8.34. The summed E-state index contributed by atoms with van der Waals surface area (Å²) in [6, 6.07) is 11.7. The first-order valence-electron chi connectivity index (χ1n) is 12.0. The summed E-state index contributed by atoms with van der Waals surface area (Å²) in [6.07, 6.45) is 3.91. The monoisotopic (exact) mass is 506 g/mol. The number of hydrogen-bond donors (Lipinski definition) is 0. The van der Waals surface area contributed by atoms with Crippen LogP contribution >= 0.6 is 24.0 Å². The Morgan fingerprint density at radius 2 is 1.89 bits per heavy atom. The number of carbonyl (C=O) groups excluding carboxylic acids is 1. The molecule has 1 aromatic carbocycles. The van der Waals surface area contributed by atoms with Crippen LogP contribution in [0.3, 0.4) is 0 Å². The molecule has 1 unspecified atom stereocenters. The van der Waals surface area contributed by atoms with Gasteiger partial charge in [-0.1, -0.05) is 61.2 Å². The van der Waals surface area contributed by atoms with E-state index in [-0.39, 0.29) is 23.1 Å². The van der Waals surface area contributed by atoms with Crippen molar-refractivity contribution in [3.8, 4) is 6.07 Å². The van der Waals surface area contributed by atoms with E-state index >= 15 is 0 Å². The molecule has 35 heavy (non-hydrogen) atoms. The van der Waals surface area contributed by atoms with E-state index in [2.05, 4.69) is 17.9 Å². The number of rotatable bonds is 5. The van der Waals surface area contributed by atoms with Gasteiger partial charge in [-0.15, -0.1) is 0 Å². The number of anilines is 1. The minimum atomic E-state index is -0.275. The van der Waals surface area contributed by atoms with E-state index in [9.17, 15) is 14.9 Å². The quantitative estimate of drug-likeness (QED) is 0.408. The zero-order valence-electron chi connectivity index (χ0n) is 20.6. The summed E-state index contributed by atoms with van der Waals surface area (Å²) >= 11 is 6.89. The number of pyridine rings is 1. The van der Waals surface area contributed by atoms with E-state index in [1.165, 1.54) is 11.8 Å². The highest BCUT2D eigenvalue weighted by molar-refractivity contribution is 8.26. The highest BCUT2D eigenvalue weighted by Crippen LogP contribution is 2.40. The molecule has 0 aliphatic carbocycles. The number of nitriles is 1. The van der Waals surface area contributed by atoms with Gasteiger partial charge in [0.15, 0.2) is 0 Å². The van der Waals surface area contributed by atoms with E-state index in [0.717, 1.165) is 42.9 Å². The molecule has 2 aromatic rings. The summed E-state index contributed by atoms with van der Waals surface area (Å²) in [5, 5.41) is 9.78. The van der Waals surface area contributed by atoms with Gasteiger partial charge in [-0.3, -0.25) is 19.1 Å². The maximum absolute atomic E-state index is 13.6. The predicted octanol–water partition coefficient (Wildman–Crippen LogP) is 5.25. The van der Waals surface area contributed by atoms with Crippen molar-refractivity contribution in [2.75, 3.05) is 18.0 Å². The lowest BCUT2D eigenvalue weighted by molar-refractivity contribution is -0.123. The van der Waals surface area contributed by atoms with Crippen LogP contribution in [-0.4, -0.2) is 32.8 Å². The second-order valence-electron chi connectivity index (χ2n) is 9.21. The van der Waals surface area contributed by atoms with Gasteiger partial charge >= 0.3 is 0 Å². The van der Waals surface area contributed by atoms with Gasteiger partial charge < -0.3 is 4.90 Å². The fraction of sp³-hybridized carbons (Fsp3) is 0.407. The molecular formula is C27H30N4O2S2. The highest BCUT2D eigenvalue weighted by Gasteiger charge is 2.37. The van der Waals surface area contributed by atoms with Gasteiger partial charge in [0, 0.05) is 25.2 Å². The summed E-state index contributed by atoms with van der Waals surface area (Å²) < 4.78 is 2.19. The van der Waals surface area contributed by atoms with Gasteiger partial charge in [0.1, 0.15) is 21.8 Å². The van der Waals surface area contributed by atoms with Crippen LogP contribution in [0.5, 0.6) is 0 Å². The van der Waals surface area contributed by atoms with Gasteiger partial charge in [0.2, 0.25) is 0 Å². The SMILES string of the molecule is CCn1c(N2CCC(C)CC2)c(C=C2SC(=S)N(C(C)c3ccccc3)C2=O)c(C)c(C#N)c1=O. The Hall–Kier alpha value is -2.89. The number of nitrogens with zero attached hydrogens (tertiary/aromatic N) is 4. The van der Waals surface area contributed by atoms with E-state index in [0.29, 0.717) is 27.3 Å². The Kier molecular flexibility index (Phi) is 7.48. The molecule has 0 saturated carbocycles. The average Bonchev–Trinajstić information content (AvgIpc) is 3.14. The van der Waals surface area contributed by atoms with Crippen LogP contribution in [0.4, 0.5) is 5.82 Å². The Morgan fingerprint density at radius 1 is 1.23 bits per heavy atom. The van der Waals surface area contributed by atoms with E-state index in [4.69, 9.17) is 12.2 Å².